The Morgan fingerprint density at radius 1 is 0.917 bits per heavy atom. The zero-order chi connectivity index (χ0) is 15.2. The van der Waals surface area contributed by atoms with Crippen LogP contribution >= 0.6 is 12.4 Å². The average molecular weight is 348 g/mol. The predicted octanol–water partition coefficient (Wildman–Crippen LogP) is 4.57. The molecule has 5 N–H and O–H groups in total. The minimum Gasteiger partial charge on any atom is -0.344 e. The van der Waals surface area contributed by atoms with Gasteiger partial charge in [0.25, 0.3) is 0 Å². The summed E-state index contributed by atoms with van der Waals surface area (Å²) in [6.07, 6.45) is 3.66. The van der Waals surface area contributed by atoms with Gasteiger partial charge in [-0.15, -0.1) is 12.4 Å². The van der Waals surface area contributed by atoms with Crippen molar-refractivity contribution >= 4 is 12.4 Å². The Morgan fingerprint density at radius 3 is 2.04 bits per heavy atom. The molecule has 1 fully saturated rings. The summed E-state index contributed by atoms with van der Waals surface area (Å²) in [6, 6.07) is 21.5. The van der Waals surface area contributed by atoms with E-state index in [1.807, 2.05) is 0 Å². The van der Waals surface area contributed by atoms with Crippen LogP contribution in [-0.4, -0.2) is 18.0 Å². The molecule has 1 aliphatic rings. The first-order valence-electron chi connectivity index (χ1n) is 8.38. The van der Waals surface area contributed by atoms with Gasteiger partial charge in [-0.25, -0.2) is 0 Å². The lowest BCUT2D eigenvalue weighted by atomic mass is 9.88. The van der Waals surface area contributed by atoms with Crippen molar-refractivity contribution < 1.29 is 0 Å². The van der Waals surface area contributed by atoms with E-state index in [1.54, 1.807) is 0 Å². The highest BCUT2D eigenvalue weighted by Gasteiger charge is 2.21. The number of benzene rings is 2. The van der Waals surface area contributed by atoms with E-state index < -0.39 is 0 Å². The first kappa shape index (κ1) is 20.7. The molecule has 1 aliphatic heterocycles. The van der Waals surface area contributed by atoms with Gasteiger partial charge in [0.15, 0.2) is 0 Å². The molecule has 0 radical (unpaired) electrons. The Balaban J connectivity index is 0.00000144. The molecule has 24 heavy (non-hydrogen) atoms. The number of likely N-dealkylation sites (tertiary alicyclic amines) is 1. The fourth-order valence-electron chi connectivity index (χ4n) is 3.42. The van der Waals surface area contributed by atoms with E-state index in [4.69, 9.17) is 5.73 Å². The van der Waals surface area contributed by atoms with Crippen molar-refractivity contribution in [1.82, 2.24) is 11.1 Å². The Bertz CT molecular complexity index is 554. The molecule has 0 amide bonds. The standard InChI is InChI=1S/C20H26N2.ClH.H3N/c21-20(19-9-5-2-6-10-19)15-17-11-13-22(14-12-17)16-18-7-3-1-4-8-18;;/h1-10,17,20H,11-16,21H2;1H;1H3. The summed E-state index contributed by atoms with van der Waals surface area (Å²) in [5.74, 6) is 0.766. The summed E-state index contributed by atoms with van der Waals surface area (Å²) >= 11 is 0. The fourth-order valence-corrected chi connectivity index (χ4v) is 3.42. The van der Waals surface area contributed by atoms with E-state index >= 15 is 0 Å². The fraction of sp³-hybridized carbons (Fsp3) is 0.400. The summed E-state index contributed by atoms with van der Waals surface area (Å²) in [5.41, 5.74) is 9.06. The minimum atomic E-state index is 0. The lowest BCUT2D eigenvalue weighted by molar-refractivity contribution is 0.168. The molecule has 1 saturated heterocycles. The Morgan fingerprint density at radius 2 is 1.46 bits per heavy atom. The van der Waals surface area contributed by atoms with Gasteiger partial charge in [0.2, 0.25) is 0 Å². The number of piperidine rings is 1. The maximum atomic E-state index is 6.37. The average Bonchev–Trinajstić information content (AvgIpc) is 2.58. The summed E-state index contributed by atoms with van der Waals surface area (Å²) < 4.78 is 0. The van der Waals surface area contributed by atoms with Crippen LogP contribution in [-0.2, 0) is 6.54 Å². The van der Waals surface area contributed by atoms with Gasteiger partial charge in [-0.05, 0) is 49.4 Å². The summed E-state index contributed by atoms with van der Waals surface area (Å²) in [4.78, 5) is 2.57. The predicted molar refractivity (Wildman–Crippen MR) is 105 cm³/mol. The van der Waals surface area contributed by atoms with Crippen molar-refractivity contribution in [1.29, 1.82) is 0 Å². The van der Waals surface area contributed by atoms with Crippen LogP contribution in [0.2, 0.25) is 0 Å². The molecule has 132 valence electrons. The van der Waals surface area contributed by atoms with E-state index in [2.05, 4.69) is 65.6 Å². The molecule has 0 aromatic heterocycles. The maximum Gasteiger partial charge on any atom is 0.0297 e. The van der Waals surface area contributed by atoms with E-state index in [0.29, 0.717) is 0 Å². The zero-order valence-electron chi connectivity index (χ0n) is 14.3. The summed E-state index contributed by atoms with van der Waals surface area (Å²) in [7, 11) is 0. The maximum absolute atomic E-state index is 6.37. The van der Waals surface area contributed by atoms with Crippen LogP contribution in [0.5, 0.6) is 0 Å². The number of hydrogen-bond donors (Lipinski definition) is 2. The Labute approximate surface area is 152 Å². The van der Waals surface area contributed by atoms with Crippen molar-refractivity contribution in [3.63, 3.8) is 0 Å². The largest absolute Gasteiger partial charge is 0.344 e. The van der Waals surface area contributed by atoms with Crippen molar-refractivity contribution in [2.45, 2.75) is 31.8 Å². The Hall–Kier alpha value is -1.39. The third kappa shape index (κ3) is 5.91. The van der Waals surface area contributed by atoms with Gasteiger partial charge in [0, 0.05) is 12.6 Å². The molecular weight excluding hydrogens is 318 g/mol. The second-order valence-electron chi connectivity index (χ2n) is 6.46. The molecule has 3 rings (SSSR count). The molecule has 4 heteroatoms. The van der Waals surface area contributed by atoms with Gasteiger partial charge in [0.05, 0.1) is 0 Å². The molecule has 3 nitrogen and oxygen atoms in total. The summed E-state index contributed by atoms with van der Waals surface area (Å²) in [6.45, 7) is 3.47. The van der Waals surface area contributed by atoms with Gasteiger partial charge in [0.1, 0.15) is 0 Å². The minimum absolute atomic E-state index is 0. The molecule has 1 unspecified atom stereocenters. The highest BCUT2D eigenvalue weighted by atomic mass is 35.5. The number of rotatable bonds is 5. The molecule has 0 spiro atoms. The monoisotopic (exact) mass is 347 g/mol. The molecule has 2 aromatic rings. The normalized spacial score (nSPS) is 16.7. The Kier molecular flexibility index (Phi) is 9.01. The van der Waals surface area contributed by atoms with Crippen molar-refractivity contribution in [3.05, 3.63) is 71.8 Å². The second-order valence-corrected chi connectivity index (χ2v) is 6.46. The van der Waals surface area contributed by atoms with Crippen LogP contribution in [0.1, 0.15) is 36.4 Å². The van der Waals surface area contributed by atoms with Crippen molar-refractivity contribution in [2.24, 2.45) is 11.7 Å². The van der Waals surface area contributed by atoms with Gasteiger partial charge < -0.3 is 11.9 Å². The van der Waals surface area contributed by atoms with Gasteiger partial charge in [-0.3, -0.25) is 4.90 Å². The number of nitrogens with zero attached hydrogens (tertiary/aromatic N) is 1. The molecule has 1 heterocycles. The topological polar surface area (TPSA) is 64.3 Å². The van der Waals surface area contributed by atoms with Crippen molar-refractivity contribution in [2.75, 3.05) is 13.1 Å². The lowest BCUT2D eigenvalue weighted by Gasteiger charge is -2.33. The van der Waals surface area contributed by atoms with Crippen molar-refractivity contribution in [3.8, 4) is 0 Å². The van der Waals surface area contributed by atoms with Crippen LogP contribution < -0.4 is 11.9 Å². The van der Waals surface area contributed by atoms with E-state index in [-0.39, 0.29) is 24.6 Å². The lowest BCUT2D eigenvalue weighted by Crippen LogP contribution is -2.34. The highest BCUT2D eigenvalue weighted by Crippen LogP contribution is 2.27. The van der Waals surface area contributed by atoms with Crippen LogP contribution in [0.15, 0.2) is 60.7 Å². The third-order valence-corrected chi connectivity index (χ3v) is 4.77. The molecule has 2 aromatic carbocycles. The number of halogens is 1. The second kappa shape index (κ2) is 10.5. The molecule has 0 saturated carbocycles. The molecule has 1 atom stereocenters. The van der Waals surface area contributed by atoms with Crippen LogP contribution in [0.4, 0.5) is 0 Å². The summed E-state index contributed by atoms with van der Waals surface area (Å²) in [5, 5.41) is 0. The van der Waals surface area contributed by atoms with Crippen LogP contribution in [0.3, 0.4) is 0 Å². The quantitative estimate of drug-likeness (QED) is 0.832. The first-order valence-corrected chi connectivity index (χ1v) is 8.38. The van der Waals surface area contributed by atoms with Crippen LogP contribution in [0.25, 0.3) is 0 Å². The highest BCUT2D eigenvalue weighted by molar-refractivity contribution is 5.85. The molecule has 0 aliphatic carbocycles. The number of nitrogens with two attached hydrogens (primary N) is 1. The van der Waals surface area contributed by atoms with Gasteiger partial charge in [-0.1, -0.05) is 60.7 Å². The smallest absolute Gasteiger partial charge is 0.0297 e. The number of hydrogen-bond acceptors (Lipinski definition) is 3. The zero-order valence-corrected chi connectivity index (χ0v) is 15.1. The molecule has 0 bridgehead atoms. The third-order valence-electron chi connectivity index (χ3n) is 4.77. The van der Waals surface area contributed by atoms with E-state index in [1.165, 1.54) is 37.1 Å². The van der Waals surface area contributed by atoms with E-state index in [9.17, 15) is 0 Å². The SMILES string of the molecule is Cl.N.NC(CC1CCN(Cc2ccccc2)CC1)c1ccccc1. The van der Waals surface area contributed by atoms with Crippen LogP contribution in [0, 0.1) is 5.92 Å². The van der Waals surface area contributed by atoms with Gasteiger partial charge in [-0.2, -0.15) is 0 Å². The first-order chi connectivity index (χ1) is 10.8. The van der Waals surface area contributed by atoms with E-state index in [0.717, 1.165) is 18.9 Å². The van der Waals surface area contributed by atoms with Gasteiger partial charge >= 0.3 is 0 Å². The molecular formula is C20H30ClN3.